The lowest BCUT2D eigenvalue weighted by Crippen LogP contribution is -2.31. The fourth-order valence-corrected chi connectivity index (χ4v) is 1.51. The quantitative estimate of drug-likeness (QED) is 0.833. The third-order valence-electron chi connectivity index (χ3n) is 2.37. The van der Waals surface area contributed by atoms with Gasteiger partial charge in [0.25, 0.3) is 0 Å². The zero-order valence-corrected chi connectivity index (χ0v) is 11.0. The number of halogens is 6. The number of carboxylic acid groups (broad SMARTS) is 1. The lowest BCUT2D eigenvalue weighted by Gasteiger charge is -2.11. The number of carbonyl (C=O) groups is 2. The summed E-state index contributed by atoms with van der Waals surface area (Å²) in [6.07, 6.45) is -10.7. The minimum Gasteiger partial charge on any atom is -0.476 e. The Hall–Kier alpha value is -2.27. The molecule has 0 aliphatic rings. The van der Waals surface area contributed by atoms with Crippen LogP contribution in [0.15, 0.2) is 0 Å². The maximum Gasteiger partial charge on any atom is 0.471 e. The van der Waals surface area contributed by atoms with Gasteiger partial charge in [-0.2, -0.15) is 31.4 Å². The summed E-state index contributed by atoms with van der Waals surface area (Å²) >= 11 is 0. The predicted molar refractivity (Wildman–Crippen MR) is 59.3 cm³/mol. The molecular weight excluding hydrogens is 324 g/mol. The fraction of sp³-hybridized carbons (Fsp3) is 0.500. The molecule has 0 bridgehead atoms. The van der Waals surface area contributed by atoms with Gasteiger partial charge in [0.2, 0.25) is 0 Å². The zero-order valence-electron chi connectivity index (χ0n) is 11.0. The predicted octanol–water partition coefficient (Wildman–Crippen LogP) is 2.68. The summed E-state index contributed by atoms with van der Waals surface area (Å²) in [4.78, 5) is 21.9. The van der Waals surface area contributed by atoms with Gasteiger partial charge in [0, 0.05) is 6.04 Å². The van der Waals surface area contributed by atoms with Crippen molar-refractivity contribution in [1.82, 2.24) is 9.78 Å². The van der Waals surface area contributed by atoms with Crippen LogP contribution >= 0.6 is 0 Å². The van der Waals surface area contributed by atoms with Crippen LogP contribution in [-0.2, 0) is 11.0 Å². The van der Waals surface area contributed by atoms with Gasteiger partial charge >= 0.3 is 24.2 Å². The van der Waals surface area contributed by atoms with Crippen molar-refractivity contribution in [3.63, 3.8) is 0 Å². The molecule has 22 heavy (non-hydrogen) atoms. The van der Waals surface area contributed by atoms with Gasteiger partial charge in [-0.05, 0) is 13.8 Å². The number of amides is 1. The first-order chi connectivity index (χ1) is 9.76. The molecule has 0 saturated heterocycles. The highest BCUT2D eigenvalue weighted by atomic mass is 19.4. The summed E-state index contributed by atoms with van der Waals surface area (Å²) in [5, 5.41) is 12.8. The molecule has 0 atom stereocenters. The zero-order chi connectivity index (χ0) is 17.5. The van der Waals surface area contributed by atoms with Crippen LogP contribution in [0, 0.1) is 0 Å². The SMILES string of the molecule is CC(C)n1nc(C(F)(F)F)c(NC(=O)C(F)(F)F)c1C(=O)O. The monoisotopic (exact) mass is 333 g/mol. The Morgan fingerprint density at radius 2 is 1.68 bits per heavy atom. The topological polar surface area (TPSA) is 84.2 Å². The smallest absolute Gasteiger partial charge is 0.471 e. The van der Waals surface area contributed by atoms with E-state index >= 15 is 0 Å². The lowest BCUT2D eigenvalue weighted by atomic mass is 10.2. The molecule has 0 aromatic carbocycles. The van der Waals surface area contributed by atoms with Crippen molar-refractivity contribution in [2.24, 2.45) is 0 Å². The summed E-state index contributed by atoms with van der Waals surface area (Å²) in [5.74, 6) is -4.70. The number of nitrogens with one attached hydrogen (secondary N) is 1. The molecule has 124 valence electrons. The molecule has 0 unspecified atom stereocenters. The van der Waals surface area contributed by atoms with Gasteiger partial charge in [0.1, 0.15) is 5.69 Å². The minimum atomic E-state index is -5.49. The van der Waals surface area contributed by atoms with Crippen LogP contribution in [0.1, 0.15) is 36.1 Å². The average molecular weight is 333 g/mol. The van der Waals surface area contributed by atoms with E-state index < -0.39 is 47.3 Å². The Kier molecular flexibility index (Phi) is 4.44. The van der Waals surface area contributed by atoms with Gasteiger partial charge in [0.05, 0.1) is 0 Å². The van der Waals surface area contributed by atoms with Crippen molar-refractivity contribution in [2.75, 3.05) is 5.32 Å². The average Bonchev–Trinajstić information content (AvgIpc) is 2.66. The van der Waals surface area contributed by atoms with E-state index in [0.29, 0.717) is 4.68 Å². The van der Waals surface area contributed by atoms with Gasteiger partial charge in [-0.1, -0.05) is 0 Å². The molecule has 0 fully saturated rings. The van der Waals surface area contributed by atoms with Crippen LogP contribution in [0.3, 0.4) is 0 Å². The number of hydrogen-bond donors (Lipinski definition) is 2. The molecule has 1 heterocycles. The summed E-state index contributed by atoms with van der Waals surface area (Å²) in [7, 11) is 0. The molecule has 0 spiro atoms. The third kappa shape index (κ3) is 3.49. The van der Waals surface area contributed by atoms with Crippen molar-refractivity contribution in [3.8, 4) is 0 Å². The van der Waals surface area contributed by atoms with E-state index in [1.807, 2.05) is 0 Å². The largest absolute Gasteiger partial charge is 0.476 e. The second kappa shape index (κ2) is 5.50. The first-order valence-corrected chi connectivity index (χ1v) is 5.58. The van der Waals surface area contributed by atoms with Crippen LogP contribution in [-0.4, -0.2) is 32.9 Å². The molecule has 1 aromatic rings. The van der Waals surface area contributed by atoms with Gasteiger partial charge in [-0.25, -0.2) is 4.79 Å². The molecule has 1 rings (SSSR count). The van der Waals surface area contributed by atoms with Crippen LogP contribution in [0.5, 0.6) is 0 Å². The molecule has 0 radical (unpaired) electrons. The van der Waals surface area contributed by atoms with Crippen molar-refractivity contribution in [2.45, 2.75) is 32.2 Å². The molecule has 12 heteroatoms. The second-order valence-corrected chi connectivity index (χ2v) is 4.37. The van der Waals surface area contributed by atoms with Gasteiger partial charge in [0.15, 0.2) is 11.4 Å². The highest BCUT2D eigenvalue weighted by Gasteiger charge is 2.45. The fourth-order valence-electron chi connectivity index (χ4n) is 1.51. The highest BCUT2D eigenvalue weighted by molar-refractivity contribution is 6.02. The van der Waals surface area contributed by atoms with Crippen LogP contribution < -0.4 is 5.32 Å². The van der Waals surface area contributed by atoms with E-state index in [4.69, 9.17) is 5.11 Å². The van der Waals surface area contributed by atoms with E-state index in [2.05, 4.69) is 5.10 Å². The van der Waals surface area contributed by atoms with E-state index in [9.17, 15) is 35.9 Å². The summed E-state index contributed by atoms with van der Waals surface area (Å²) in [6, 6.07) is -0.899. The second-order valence-electron chi connectivity index (χ2n) is 4.37. The van der Waals surface area contributed by atoms with Crippen molar-refractivity contribution >= 4 is 17.6 Å². The number of carbonyl (C=O) groups excluding carboxylic acids is 1. The first kappa shape index (κ1) is 17.8. The van der Waals surface area contributed by atoms with Gasteiger partial charge < -0.3 is 10.4 Å². The number of nitrogens with zero attached hydrogens (tertiary/aromatic N) is 2. The summed E-state index contributed by atoms with van der Waals surface area (Å²) < 4.78 is 75.4. The molecule has 6 nitrogen and oxygen atoms in total. The molecule has 0 aliphatic carbocycles. The maximum absolute atomic E-state index is 12.8. The first-order valence-electron chi connectivity index (χ1n) is 5.58. The number of rotatable bonds is 3. The van der Waals surface area contributed by atoms with Gasteiger partial charge in [-0.3, -0.25) is 9.48 Å². The van der Waals surface area contributed by atoms with Crippen LogP contribution in [0.4, 0.5) is 32.0 Å². The van der Waals surface area contributed by atoms with E-state index in [1.54, 1.807) is 0 Å². The Labute approximate surface area is 118 Å². The number of aromatic nitrogens is 2. The third-order valence-corrected chi connectivity index (χ3v) is 2.37. The Morgan fingerprint density at radius 3 is 2.00 bits per heavy atom. The molecule has 1 aromatic heterocycles. The Balaban J connectivity index is 3.57. The maximum atomic E-state index is 12.8. The van der Waals surface area contributed by atoms with Gasteiger partial charge in [-0.15, -0.1) is 0 Å². The Morgan fingerprint density at radius 1 is 1.18 bits per heavy atom. The molecule has 0 aliphatic heterocycles. The molecular formula is C10H9F6N3O3. The Bertz CT molecular complexity index is 602. The summed E-state index contributed by atoms with van der Waals surface area (Å²) in [5.41, 5.74) is -4.66. The van der Waals surface area contributed by atoms with Crippen LogP contribution in [0.25, 0.3) is 0 Å². The number of alkyl halides is 6. The number of anilines is 1. The number of hydrogen-bond acceptors (Lipinski definition) is 3. The summed E-state index contributed by atoms with van der Waals surface area (Å²) in [6.45, 7) is 2.55. The van der Waals surface area contributed by atoms with E-state index in [1.165, 1.54) is 13.8 Å². The van der Waals surface area contributed by atoms with E-state index in [-0.39, 0.29) is 0 Å². The standard InChI is InChI=1S/C10H9F6N3O3/c1-3(2)19-5(7(20)21)4(6(18-19)9(11,12)13)17-8(22)10(14,15)16/h3H,1-2H3,(H,17,22)(H,20,21). The van der Waals surface area contributed by atoms with Crippen LogP contribution in [0.2, 0.25) is 0 Å². The molecule has 2 N–H and O–H groups in total. The number of carboxylic acids is 1. The van der Waals surface area contributed by atoms with E-state index in [0.717, 1.165) is 5.32 Å². The molecule has 1 amide bonds. The number of aromatic carboxylic acids is 1. The minimum absolute atomic E-state index is 0.372. The van der Waals surface area contributed by atoms with Crippen molar-refractivity contribution in [3.05, 3.63) is 11.4 Å². The molecule has 0 saturated carbocycles. The lowest BCUT2D eigenvalue weighted by molar-refractivity contribution is -0.167. The normalized spacial score (nSPS) is 12.6. The van der Waals surface area contributed by atoms with Crippen molar-refractivity contribution < 1.29 is 41.0 Å². The van der Waals surface area contributed by atoms with Crippen molar-refractivity contribution in [1.29, 1.82) is 0 Å². The highest BCUT2D eigenvalue weighted by Crippen LogP contribution is 2.37.